The summed E-state index contributed by atoms with van der Waals surface area (Å²) in [5.74, 6) is 0.964. The normalized spacial score (nSPS) is 12.5. The molecule has 0 unspecified atom stereocenters. The van der Waals surface area contributed by atoms with Crippen molar-refractivity contribution < 1.29 is 14.3 Å². The van der Waals surface area contributed by atoms with E-state index >= 15 is 0 Å². The lowest BCUT2D eigenvalue weighted by Gasteiger charge is -2.14. The van der Waals surface area contributed by atoms with Gasteiger partial charge in [0.15, 0.2) is 0 Å². The molecule has 0 bridgehead atoms. The fourth-order valence-corrected chi connectivity index (χ4v) is 7.47. The van der Waals surface area contributed by atoms with Crippen LogP contribution in [0.3, 0.4) is 0 Å². The molecule has 200 valence electrons. The van der Waals surface area contributed by atoms with Crippen LogP contribution in [0, 0.1) is 11.3 Å². The molecule has 0 radical (unpaired) electrons. The van der Waals surface area contributed by atoms with Crippen molar-refractivity contribution in [3.05, 3.63) is 75.5 Å². The Hall–Kier alpha value is -4.39. The minimum Gasteiger partial charge on any atom is -0.497 e. The van der Waals surface area contributed by atoms with Crippen LogP contribution in [0.4, 0.5) is 10.7 Å². The molecule has 3 N–H and O–H groups in total. The monoisotopic (exact) mass is 566 g/mol. The number of methoxy groups -OCH3 is 2. The Balaban J connectivity index is 1.51. The fraction of sp³-hybridized carbons (Fsp3) is 0.194. The summed E-state index contributed by atoms with van der Waals surface area (Å²) in [6, 6.07) is 19.7. The number of nitrogen functional groups attached to an aromatic ring is 1. The third-order valence-corrected chi connectivity index (χ3v) is 9.49. The predicted molar refractivity (Wildman–Crippen MR) is 162 cm³/mol. The van der Waals surface area contributed by atoms with E-state index in [2.05, 4.69) is 11.4 Å². The van der Waals surface area contributed by atoms with E-state index in [9.17, 15) is 10.1 Å². The number of nitrogens with one attached hydrogen (secondary N) is 1. The number of pyridine rings is 1. The van der Waals surface area contributed by atoms with Crippen molar-refractivity contribution in [3.63, 3.8) is 0 Å². The zero-order valence-electron chi connectivity index (χ0n) is 22.0. The van der Waals surface area contributed by atoms with Crippen LogP contribution >= 0.6 is 22.7 Å². The molecule has 0 saturated heterocycles. The highest BCUT2D eigenvalue weighted by atomic mass is 32.1. The van der Waals surface area contributed by atoms with Gasteiger partial charge in [0.25, 0.3) is 5.91 Å². The molecule has 0 spiro atoms. The first-order chi connectivity index (χ1) is 19.5. The smallest absolute Gasteiger partial charge is 0.268 e. The minimum absolute atomic E-state index is 0.337. The fourth-order valence-electron chi connectivity index (χ4n) is 5.22. The standard InChI is InChI=1S/C31H26N4O3S2/c1-37-18-12-13-24(38-2)20(14-18)21-15-23(17-8-4-3-5-9-17)34-31-26(21)27(33)28(40-31)29(36)35-30-22(16-32)19-10-6-7-11-25(19)39-30/h3-5,8-9,12-15H,6-7,10-11,33H2,1-2H3,(H,35,36). The number of rotatable bonds is 6. The second-order valence-electron chi connectivity index (χ2n) is 9.49. The van der Waals surface area contributed by atoms with Crippen molar-refractivity contribution in [2.75, 3.05) is 25.3 Å². The first-order valence-corrected chi connectivity index (χ1v) is 14.5. The lowest BCUT2D eigenvalue weighted by molar-refractivity contribution is 0.103. The molecule has 40 heavy (non-hydrogen) atoms. The Morgan fingerprint density at radius 2 is 1.82 bits per heavy atom. The topological polar surface area (TPSA) is 110 Å². The van der Waals surface area contributed by atoms with Gasteiger partial charge in [0.2, 0.25) is 0 Å². The molecule has 1 aliphatic rings. The number of anilines is 2. The Labute approximate surface area is 239 Å². The minimum atomic E-state index is -0.347. The first kappa shape index (κ1) is 25.9. The molecule has 5 aromatic rings. The maximum absolute atomic E-state index is 13.7. The maximum atomic E-state index is 13.7. The summed E-state index contributed by atoms with van der Waals surface area (Å²) in [7, 11) is 3.23. The van der Waals surface area contributed by atoms with Gasteiger partial charge >= 0.3 is 0 Å². The van der Waals surface area contributed by atoms with Gasteiger partial charge in [0.1, 0.15) is 32.3 Å². The molecule has 1 amide bonds. The van der Waals surface area contributed by atoms with E-state index < -0.39 is 0 Å². The highest BCUT2D eigenvalue weighted by Crippen LogP contribution is 2.45. The number of aryl methyl sites for hydroxylation is 1. The molecule has 6 rings (SSSR count). The van der Waals surface area contributed by atoms with Gasteiger partial charge in [-0.15, -0.1) is 22.7 Å². The molecular formula is C31H26N4O3S2. The van der Waals surface area contributed by atoms with Crippen molar-refractivity contribution in [2.24, 2.45) is 0 Å². The van der Waals surface area contributed by atoms with Crippen molar-refractivity contribution in [3.8, 4) is 40.0 Å². The van der Waals surface area contributed by atoms with Crippen LogP contribution in [-0.4, -0.2) is 25.1 Å². The number of aromatic nitrogens is 1. The Kier molecular flexibility index (Phi) is 6.88. The zero-order valence-corrected chi connectivity index (χ0v) is 23.7. The van der Waals surface area contributed by atoms with Crippen LogP contribution in [0.25, 0.3) is 32.6 Å². The zero-order chi connectivity index (χ0) is 27.8. The van der Waals surface area contributed by atoms with Gasteiger partial charge in [-0.3, -0.25) is 4.79 Å². The number of carbonyl (C=O) groups excluding carboxylic acids is 1. The number of nitriles is 1. The van der Waals surface area contributed by atoms with Crippen LogP contribution in [0.1, 0.15) is 38.5 Å². The molecule has 7 nitrogen and oxygen atoms in total. The average molecular weight is 567 g/mol. The van der Waals surface area contributed by atoms with Crippen LogP contribution < -0.4 is 20.5 Å². The summed E-state index contributed by atoms with van der Waals surface area (Å²) in [5, 5.41) is 14.1. The third kappa shape index (κ3) is 4.45. The highest BCUT2D eigenvalue weighted by molar-refractivity contribution is 7.21. The van der Waals surface area contributed by atoms with E-state index in [1.165, 1.54) is 27.6 Å². The number of nitrogens with two attached hydrogens (primary N) is 1. The van der Waals surface area contributed by atoms with Gasteiger partial charge in [-0.2, -0.15) is 5.26 Å². The van der Waals surface area contributed by atoms with Gasteiger partial charge in [0, 0.05) is 27.0 Å². The molecule has 1 aliphatic carbocycles. The number of fused-ring (bicyclic) bond motifs is 2. The number of ether oxygens (including phenoxy) is 2. The molecule has 2 aromatic carbocycles. The summed E-state index contributed by atoms with van der Waals surface area (Å²) in [5.41, 5.74) is 12.0. The van der Waals surface area contributed by atoms with E-state index in [0.717, 1.165) is 53.6 Å². The molecular weight excluding hydrogens is 541 g/mol. The Bertz CT molecular complexity index is 1800. The van der Waals surface area contributed by atoms with Crippen LogP contribution in [0.5, 0.6) is 11.5 Å². The molecule has 3 aromatic heterocycles. The largest absolute Gasteiger partial charge is 0.497 e. The average Bonchev–Trinajstić information content (AvgIpc) is 3.53. The number of thiophene rings is 2. The molecule has 3 heterocycles. The predicted octanol–water partition coefficient (Wildman–Crippen LogP) is 7.29. The van der Waals surface area contributed by atoms with Gasteiger partial charge in [-0.05, 0) is 55.5 Å². The van der Waals surface area contributed by atoms with Crippen molar-refractivity contribution in [1.29, 1.82) is 5.26 Å². The molecule has 0 fully saturated rings. The van der Waals surface area contributed by atoms with E-state index in [0.29, 0.717) is 42.8 Å². The third-order valence-electron chi connectivity index (χ3n) is 7.18. The van der Waals surface area contributed by atoms with Gasteiger partial charge in [0.05, 0.1) is 31.2 Å². The lowest BCUT2D eigenvalue weighted by Crippen LogP contribution is -2.12. The number of nitrogens with zero attached hydrogens (tertiary/aromatic N) is 2. The molecule has 0 aliphatic heterocycles. The number of benzene rings is 2. The molecule has 9 heteroatoms. The van der Waals surface area contributed by atoms with E-state index in [4.69, 9.17) is 20.2 Å². The summed E-state index contributed by atoms with van der Waals surface area (Å²) >= 11 is 2.74. The summed E-state index contributed by atoms with van der Waals surface area (Å²) in [6.45, 7) is 0. The van der Waals surface area contributed by atoms with Crippen LogP contribution in [0.15, 0.2) is 54.6 Å². The van der Waals surface area contributed by atoms with Gasteiger partial charge < -0.3 is 20.5 Å². The second kappa shape index (κ2) is 10.6. The van der Waals surface area contributed by atoms with E-state index in [1.54, 1.807) is 14.2 Å². The van der Waals surface area contributed by atoms with Crippen molar-refractivity contribution >= 4 is 49.5 Å². The van der Waals surface area contributed by atoms with Crippen molar-refractivity contribution in [2.45, 2.75) is 25.7 Å². The van der Waals surface area contributed by atoms with Crippen LogP contribution in [0.2, 0.25) is 0 Å². The summed E-state index contributed by atoms with van der Waals surface area (Å²) < 4.78 is 11.2. The SMILES string of the molecule is COc1ccc(OC)c(-c2cc(-c3ccccc3)nc3sc(C(=O)Nc4sc5c(c4C#N)CCCC5)c(N)c23)c1. The number of hydrogen-bond donors (Lipinski definition) is 2. The second-order valence-corrected chi connectivity index (χ2v) is 11.6. The van der Waals surface area contributed by atoms with Gasteiger partial charge in [-0.25, -0.2) is 4.98 Å². The first-order valence-electron chi connectivity index (χ1n) is 12.9. The Morgan fingerprint density at radius 3 is 2.58 bits per heavy atom. The van der Waals surface area contributed by atoms with Crippen LogP contribution in [-0.2, 0) is 12.8 Å². The number of hydrogen-bond acceptors (Lipinski definition) is 8. The molecule has 0 saturated carbocycles. The molecule has 0 atom stereocenters. The maximum Gasteiger partial charge on any atom is 0.268 e. The van der Waals surface area contributed by atoms with E-state index in [-0.39, 0.29) is 5.91 Å². The van der Waals surface area contributed by atoms with E-state index in [1.807, 2.05) is 54.6 Å². The highest BCUT2D eigenvalue weighted by Gasteiger charge is 2.26. The summed E-state index contributed by atoms with van der Waals surface area (Å²) in [4.78, 5) is 20.8. The lowest BCUT2D eigenvalue weighted by atomic mass is 9.96. The summed E-state index contributed by atoms with van der Waals surface area (Å²) in [6.07, 6.45) is 3.96. The number of carbonyl (C=O) groups is 1. The van der Waals surface area contributed by atoms with Gasteiger partial charge in [-0.1, -0.05) is 30.3 Å². The van der Waals surface area contributed by atoms with Crippen molar-refractivity contribution in [1.82, 2.24) is 4.98 Å². The quantitative estimate of drug-likeness (QED) is 0.223. The number of amides is 1. The Morgan fingerprint density at radius 1 is 1.02 bits per heavy atom.